The van der Waals surface area contributed by atoms with Crippen LogP contribution in [0.15, 0.2) is 11.6 Å². The molecular formula is C9H14O4. The summed E-state index contributed by atoms with van der Waals surface area (Å²) < 4.78 is 5.30. The Hall–Kier alpha value is -0.420. The number of ether oxygens (including phenoxy) is 1. The van der Waals surface area contributed by atoms with Crippen molar-refractivity contribution in [1.82, 2.24) is 0 Å². The minimum absolute atomic E-state index is 0.0457. The highest BCUT2D eigenvalue weighted by Gasteiger charge is 2.68. The zero-order valence-electron chi connectivity index (χ0n) is 7.47. The first-order valence-electron chi connectivity index (χ1n) is 4.42. The minimum Gasteiger partial charge on any atom is -0.396 e. The van der Waals surface area contributed by atoms with Gasteiger partial charge in [0.15, 0.2) is 0 Å². The van der Waals surface area contributed by atoms with E-state index in [1.165, 1.54) is 0 Å². The molecule has 2 rings (SSSR count). The first-order valence-corrected chi connectivity index (χ1v) is 4.42. The largest absolute Gasteiger partial charge is 0.396 e. The molecule has 4 heteroatoms. The van der Waals surface area contributed by atoms with Crippen LogP contribution >= 0.6 is 0 Å². The van der Waals surface area contributed by atoms with Gasteiger partial charge >= 0.3 is 0 Å². The molecule has 0 unspecified atom stereocenters. The van der Waals surface area contributed by atoms with E-state index in [-0.39, 0.29) is 25.2 Å². The fourth-order valence-electron chi connectivity index (χ4n) is 2.26. The highest BCUT2D eigenvalue weighted by Crippen LogP contribution is 2.55. The second kappa shape index (κ2) is 2.78. The van der Waals surface area contributed by atoms with Gasteiger partial charge < -0.3 is 20.1 Å². The zero-order valence-corrected chi connectivity index (χ0v) is 7.47. The summed E-state index contributed by atoms with van der Waals surface area (Å²) in [7, 11) is 0. The molecule has 4 nitrogen and oxygen atoms in total. The van der Waals surface area contributed by atoms with Crippen molar-refractivity contribution >= 4 is 0 Å². The Morgan fingerprint density at radius 1 is 1.54 bits per heavy atom. The predicted molar refractivity (Wildman–Crippen MR) is 45.0 cm³/mol. The van der Waals surface area contributed by atoms with E-state index in [0.29, 0.717) is 5.57 Å². The maximum Gasteiger partial charge on any atom is 0.117 e. The number of rotatable bonds is 2. The lowest BCUT2D eigenvalue weighted by molar-refractivity contribution is 0.109. The summed E-state index contributed by atoms with van der Waals surface area (Å²) in [4.78, 5) is 0. The van der Waals surface area contributed by atoms with Crippen LogP contribution in [0.3, 0.4) is 0 Å². The van der Waals surface area contributed by atoms with Crippen molar-refractivity contribution in [2.75, 3.05) is 13.2 Å². The lowest BCUT2D eigenvalue weighted by Gasteiger charge is -2.18. The van der Waals surface area contributed by atoms with Gasteiger partial charge in [0.1, 0.15) is 17.8 Å². The molecule has 0 aromatic heterocycles. The summed E-state index contributed by atoms with van der Waals surface area (Å²) in [6.45, 7) is 1.72. The van der Waals surface area contributed by atoms with Crippen molar-refractivity contribution in [2.24, 2.45) is 5.92 Å². The number of hydrogen-bond acceptors (Lipinski definition) is 4. The molecule has 13 heavy (non-hydrogen) atoms. The van der Waals surface area contributed by atoms with Gasteiger partial charge in [-0.25, -0.2) is 0 Å². The summed E-state index contributed by atoms with van der Waals surface area (Å²) in [5.74, 6) is -0.167. The number of fused-ring (bicyclic) bond motifs is 1. The van der Waals surface area contributed by atoms with Gasteiger partial charge in [-0.3, -0.25) is 0 Å². The molecule has 1 heterocycles. The standard InChI is InChI=1S/C9H14O4/c1-9-6(4-11)5(2-3-10)7(12)8(9)13-9/h2,6-8,10-12H,3-4H2,1H3/b5-2+/t6-,7-,8-,9+/m0/s1. The maximum atomic E-state index is 9.68. The molecule has 4 atom stereocenters. The normalized spacial score (nSPS) is 51.1. The summed E-state index contributed by atoms with van der Waals surface area (Å²) >= 11 is 0. The molecule has 1 saturated carbocycles. The number of aliphatic hydroxyl groups excluding tert-OH is 3. The van der Waals surface area contributed by atoms with E-state index in [4.69, 9.17) is 14.9 Å². The molecule has 1 aliphatic heterocycles. The number of aliphatic hydroxyl groups is 3. The third-order valence-electron chi connectivity index (χ3n) is 3.12. The maximum absolute atomic E-state index is 9.68. The Bertz CT molecular complexity index is 250. The third-order valence-corrected chi connectivity index (χ3v) is 3.12. The van der Waals surface area contributed by atoms with Crippen LogP contribution in [0.2, 0.25) is 0 Å². The van der Waals surface area contributed by atoms with Gasteiger partial charge in [0, 0.05) is 5.92 Å². The van der Waals surface area contributed by atoms with Crippen molar-refractivity contribution in [2.45, 2.75) is 24.7 Å². The summed E-state index contributed by atoms with van der Waals surface area (Å²) in [6.07, 6.45) is 0.712. The summed E-state index contributed by atoms with van der Waals surface area (Å²) in [5, 5.41) is 27.5. The fourth-order valence-corrected chi connectivity index (χ4v) is 2.26. The molecule has 0 bridgehead atoms. The molecule has 2 fully saturated rings. The Balaban J connectivity index is 2.25. The van der Waals surface area contributed by atoms with Gasteiger partial charge in [-0.15, -0.1) is 0 Å². The van der Waals surface area contributed by atoms with Gasteiger partial charge in [-0.2, -0.15) is 0 Å². The first kappa shape index (κ1) is 9.15. The van der Waals surface area contributed by atoms with Gasteiger partial charge in [-0.1, -0.05) is 6.08 Å². The van der Waals surface area contributed by atoms with Gasteiger partial charge in [0.2, 0.25) is 0 Å². The average molecular weight is 186 g/mol. The third kappa shape index (κ3) is 1.07. The highest BCUT2D eigenvalue weighted by molar-refractivity contribution is 5.34. The molecule has 0 amide bonds. The Morgan fingerprint density at radius 2 is 2.23 bits per heavy atom. The summed E-state index contributed by atoms with van der Waals surface area (Å²) in [6, 6.07) is 0. The first-order chi connectivity index (χ1) is 6.15. The number of hydrogen-bond donors (Lipinski definition) is 3. The van der Waals surface area contributed by atoms with E-state index in [0.717, 1.165) is 0 Å². The lowest BCUT2D eigenvalue weighted by Crippen LogP contribution is -2.23. The molecule has 1 aliphatic carbocycles. The molecule has 0 radical (unpaired) electrons. The predicted octanol–water partition coefficient (Wildman–Crippen LogP) is -0.954. The van der Waals surface area contributed by atoms with Crippen molar-refractivity contribution in [3.63, 3.8) is 0 Å². The smallest absolute Gasteiger partial charge is 0.117 e. The van der Waals surface area contributed by atoms with E-state index in [1.807, 2.05) is 6.92 Å². The van der Waals surface area contributed by atoms with E-state index in [1.54, 1.807) is 6.08 Å². The van der Waals surface area contributed by atoms with Crippen LogP contribution in [0.25, 0.3) is 0 Å². The highest BCUT2D eigenvalue weighted by atomic mass is 16.6. The monoisotopic (exact) mass is 186 g/mol. The topological polar surface area (TPSA) is 73.2 Å². The van der Waals surface area contributed by atoms with Crippen LogP contribution in [0.1, 0.15) is 6.92 Å². The van der Waals surface area contributed by atoms with E-state index in [9.17, 15) is 5.11 Å². The molecule has 2 aliphatic rings. The molecule has 0 aromatic carbocycles. The van der Waals surface area contributed by atoms with Crippen molar-refractivity contribution in [3.05, 3.63) is 11.6 Å². The van der Waals surface area contributed by atoms with Gasteiger partial charge in [-0.05, 0) is 12.5 Å². The second-order valence-electron chi connectivity index (χ2n) is 3.79. The zero-order chi connectivity index (χ0) is 9.64. The Kier molecular flexibility index (Phi) is 1.96. The number of epoxide rings is 1. The molecule has 74 valence electrons. The fraction of sp³-hybridized carbons (Fsp3) is 0.778. The van der Waals surface area contributed by atoms with Crippen LogP contribution in [-0.2, 0) is 4.74 Å². The van der Waals surface area contributed by atoms with Crippen LogP contribution in [0.4, 0.5) is 0 Å². The van der Waals surface area contributed by atoms with Crippen LogP contribution in [0.5, 0.6) is 0 Å². The SMILES string of the molecule is C[C@]12O[C@H]1[C@@H](O)/C(=C/CO)[C@@H]2CO. The average Bonchev–Trinajstić information content (AvgIpc) is 2.72. The lowest BCUT2D eigenvalue weighted by atomic mass is 9.94. The summed E-state index contributed by atoms with van der Waals surface area (Å²) in [5.41, 5.74) is 0.304. The second-order valence-corrected chi connectivity index (χ2v) is 3.79. The molecule has 0 spiro atoms. The van der Waals surface area contributed by atoms with Crippen LogP contribution < -0.4 is 0 Å². The molecule has 1 saturated heterocycles. The molecule has 3 N–H and O–H groups in total. The van der Waals surface area contributed by atoms with Crippen LogP contribution in [-0.4, -0.2) is 46.3 Å². The van der Waals surface area contributed by atoms with Crippen molar-refractivity contribution in [3.8, 4) is 0 Å². The molecular weight excluding hydrogens is 172 g/mol. The minimum atomic E-state index is -0.658. The van der Waals surface area contributed by atoms with Crippen LogP contribution in [0, 0.1) is 5.92 Å². The van der Waals surface area contributed by atoms with E-state index in [2.05, 4.69) is 0 Å². The van der Waals surface area contributed by atoms with Gasteiger partial charge in [0.05, 0.1) is 13.2 Å². The van der Waals surface area contributed by atoms with Gasteiger partial charge in [0.25, 0.3) is 0 Å². The Morgan fingerprint density at radius 3 is 2.77 bits per heavy atom. The van der Waals surface area contributed by atoms with E-state index < -0.39 is 11.7 Å². The quantitative estimate of drug-likeness (QED) is 0.384. The van der Waals surface area contributed by atoms with Crippen molar-refractivity contribution < 1.29 is 20.1 Å². The molecule has 0 aromatic rings. The Labute approximate surface area is 76.5 Å². The van der Waals surface area contributed by atoms with E-state index >= 15 is 0 Å². The van der Waals surface area contributed by atoms with Crippen molar-refractivity contribution in [1.29, 1.82) is 0 Å².